The lowest BCUT2D eigenvalue weighted by molar-refractivity contribution is 0.0954. The topological polar surface area (TPSA) is 41.5 Å². The highest BCUT2D eigenvalue weighted by atomic mass is 35.5. The summed E-state index contributed by atoms with van der Waals surface area (Å²) < 4.78 is 0. The van der Waals surface area contributed by atoms with E-state index >= 15 is 0 Å². The van der Waals surface area contributed by atoms with Gasteiger partial charge in [0.05, 0.1) is 0 Å². The van der Waals surface area contributed by atoms with Gasteiger partial charge in [-0.15, -0.1) is 0 Å². The van der Waals surface area contributed by atoms with Crippen LogP contribution in [0.1, 0.15) is 50.4 Å². The first kappa shape index (κ1) is 14.6. The monoisotopic (exact) mass is 304 g/mol. The highest BCUT2D eigenvalue weighted by Crippen LogP contribution is 2.63. The van der Waals surface area contributed by atoms with Crippen LogP contribution in [0.5, 0.6) is 0 Å². The van der Waals surface area contributed by atoms with Crippen molar-refractivity contribution >= 4 is 23.2 Å². The molecule has 2 saturated carbocycles. The standard InChI is InChI=1S/C17H21ClN2O/c1-16(2)12-8-9-17(16,3)14(10-12)19-20-15(21)11-4-6-13(18)7-5-11/h4-7,12H,8-10H2,1-3H3,(H,20,21)/b19-14+/t12-,17+/m0/s1. The second-order valence-corrected chi connectivity index (χ2v) is 7.44. The molecule has 0 heterocycles. The summed E-state index contributed by atoms with van der Waals surface area (Å²) in [5.74, 6) is 0.511. The number of hydrogen-bond donors (Lipinski definition) is 1. The molecule has 2 fully saturated rings. The van der Waals surface area contributed by atoms with Gasteiger partial charge in [-0.25, -0.2) is 5.43 Å². The maximum absolute atomic E-state index is 12.1. The maximum Gasteiger partial charge on any atom is 0.271 e. The van der Waals surface area contributed by atoms with Gasteiger partial charge >= 0.3 is 0 Å². The average Bonchev–Trinajstić information content (AvgIpc) is 2.78. The van der Waals surface area contributed by atoms with E-state index < -0.39 is 0 Å². The average molecular weight is 305 g/mol. The van der Waals surface area contributed by atoms with Crippen molar-refractivity contribution in [3.8, 4) is 0 Å². The van der Waals surface area contributed by atoms with Crippen molar-refractivity contribution < 1.29 is 4.79 Å². The fraction of sp³-hybridized carbons (Fsp3) is 0.529. The predicted octanol–water partition coefficient (Wildman–Crippen LogP) is 4.27. The zero-order chi connectivity index (χ0) is 15.3. The van der Waals surface area contributed by atoms with Gasteiger partial charge in [0.2, 0.25) is 0 Å². The molecular weight excluding hydrogens is 284 g/mol. The number of amides is 1. The van der Waals surface area contributed by atoms with Crippen LogP contribution in [0, 0.1) is 16.7 Å². The van der Waals surface area contributed by atoms with Gasteiger partial charge in [0.25, 0.3) is 5.91 Å². The molecule has 3 rings (SSSR count). The third kappa shape index (κ3) is 2.18. The van der Waals surface area contributed by atoms with Crippen LogP contribution in [0.3, 0.4) is 0 Å². The predicted molar refractivity (Wildman–Crippen MR) is 85.6 cm³/mol. The van der Waals surface area contributed by atoms with Crippen molar-refractivity contribution in [1.29, 1.82) is 0 Å². The molecule has 1 aromatic rings. The lowest BCUT2D eigenvalue weighted by Gasteiger charge is -2.34. The first-order valence-corrected chi connectivity index (χ1v) is 7.85. The SMILES string of the molecule is CC1(C)[C@H]2CC[C@]1(C)/C(=N/NC(=O)c1ccc(Cl)cc1)C2. The molecule has 0 spiro atoms. The number of fused-ring (bicyclic) bond motifs is 2. The Morgan fingerprint density at radius 1 is 1.29 bits per heavy atom. The normalized spacial score (nSPS) is 31.6. The van der Waals surface area contributed by atoms with E-state index in [0.717, 1.165) is 12.1 Å². The van der Waals surface area contributed by atoms with Gasteiger partial charge in [-0.05, 0) is 54.9 Å². The smallest absolute Gasteiger partial charge is 0.267 e. The fourth-order valence-corrected chi connectivity index (χ4v) is 4.01. The number of nitrogens with zero attached hydrogens (tertiary/aromatic N) is 1. The third-order valence-electron chi connectivity index (χ3n) is 5.91. The van der Waals surface area contributed by atoms with Crippen molar-refractivity contribution in [2.24, 2.45) is 21.8 Å². The maximum atomic E-state index is 12.1. The number of hydrogen-bond acceptors (Lipinski definition) is 2. The first-order chi connectivity index (χ1) is 9.84. The Morgan fingerprint density at radius 3 is 2.48 bits per heavy atom. The van der Waals surface area contributed by atoms with Crippen LogP contribution in [-0.4, -0.2) is 11.6 Å². The second kappa shape index (κ2) is 4.84. The van der Waals surface area contributed by atoms with Gasteiger partial charge in [-0.3, -0.25) is 4.79 Å². The summed E-state index contributed by atoms with van der Waals surface area (Å²) in [6.45, 7) is 6.94. The van der Waals surface area contributed by atoms with E-state index in [1.807, 2.05) is 0 Å². The summed E-state index contributed by atoms with van der Waals surface area (Å²) in [4.78, 5) is 12.1. The number of carbonyl (C=O) groups is 1. The summed E-state index contributed by atoms with van der Waals surface area (Å²) in [5, 5.41) is 5.08. The van der Waals surface area contributed by atoms with E-state index in [1.54, 1.807) is 24.3 Å². The Kier molecular flexibility index (Phi) is 3.36. The van der Waals surface area contributed by atoms with Crippen LogP contribution in [0.2, 0.25) is 5.02 Å². The molecule has 2 bridgehead atoms. The Hall–Kier alpha value is -1.35. The zero-order valence-corrected chi connectivity index (χ0v) is 13.5. The van der Waals surface area contributed by atoms with E-state index in [1.165, 1.54) is 12.8 Å². The molecular formula is C17H21ClN2O. The quantitative estimate of drug-likeness (QED) is 0.814. The van der Waals surface area contributed by atoms with Crippen molar-refractivity contribution in [3.05, 3.63) is 34.9 Å². The number of halogens is 1. The molecule has 0 radical (unpaired) electrons. The first-order valence-electron chi connectivity index (χ1n) is 7.47. The molecule has 4 heteroatoms. The van der Waals surface area contributed by atoms with Crippen molar-refractivity contribution in [1.82, 2.24) is 5.43 Å². The number of carbonyl (C=O) groups excluding carboxylic acids is 1. The summed E-state index contributed by atoms with van der Waals surface area (Å²) in [5.41, 5.74) is 4.83. The lowest BCUT2D eigenvalue weighted by Crippen LogP contribution is -2.34. The molecule has 2 aliphatic carbocycles. The van der Waals surface area contributed by atoms with Gasteiger partial charge in [-0.2, -0.15) is 5.10 Å². The van der Waals surface area contributed by atoms with Crippen LogP contribution in [0.25, 0.3) is 0 Å². The molecule has 1 N–H and O–H groups in total. The molecule has 3 nitrogen and oxygen atoms in total. The van der Waals surface area contributed by atoms with E-state index in [0.29, 0.717) is 16.5 Å². The van der Waals surface area contributed by atoms with Gasteiger partial charge in [0.1, 0.15) is 0 Å². The Bertz CT molecular complexity index is 606. The highest BCUT2D eigenvalue weighted by molar-refractivity contribution is 6.30. The molecule has 112 valence electrons. The zero-order valence-electron chi connectivity index (χ0n) is 12.7. The van der Waals surface area contributed by atoms with Crippen LogP contribution in [0.4, 0.5) is 0 Å². The molecule has 0 saturated heterocycles. The van der Waals surface area contributed by atoms with E-state index in [2.05, 4.69) is 31.3 Å². The number of hydrazone groups is 1. The minimum absolute atomic E-state index is 0.116. The summed E-state index contributed by atoms with van der Waals surface area (Å²) in [6.07, 6.45) is 3.44. The van der Waals surface area contributed by atoms with E-state index in [4.69, 9.17) is 11.6 Å². The van der Waals surface area contributed by atoms with Crippen LogP contribution < -0.4 is 5.43 Å². The fourth-order valence-electron chi connectivity index (χ4n) is 3.88. The molecule has 0 unspecified atom stereocenters. The largest absolute Gasteiger partial charge is 0.271 e. The van der Waals surface area contributed by atoms with Gasteiger partial charge in [0, 0.05) is 21.7 Å². The number of benzene rings is 1. The molecule has 0 aromatic heterocycles. The molecule has 0 aliphatic heterocycles. The minimum atomic E-state index is -0.177. The summed E-state index contributed by atoms with van der Waals surface area (Å²) in [7, 11) is 0. The van der Waals surface area contributed by atoms with Gasteiger partial charge in [0.15, 0.2) is 0 Å². The van der Waals surface area contributed by atoms with Gasteiger partial charge < -0.3 is 0 Å². The minimum Gasteiger partial charge on any atom is -0.267 e. The van der Waals surface area contributed by atoms with Crippen LogP contribution in [-0.2, 0) is 0 Å². The molecule has 1 amide bonds. The Morgan fingerprint density at radius 2 is 1.95 bits per heavy atom. The third-order valence-corrected chi connectivity index (χ3v) is 6.16. The van der Waals surface area contributed by atoms with Crippen LogP contribution in [0.15, 0.2) is 29.4 Å². The summed E-state index contributed by atoms with van der Waals surface area (Å²) >= 11 is 5.83. The van der Waals surface area contributed by atoms with E-state index in [-0.39, 0.29) is 16.7 Å². The highest BCUT2D eigenvalue weighted by Gasteiger charge is 2.59. The summed E-state index contributed by atoms with van der Waals surface area (Å²) in [6, 6.07) is 6.85. The second-order valence-electron chi connectivity index (χ2n) is 7.00. The van der Waals surface area contributed by atoms with Gasteiger partial charge in [-0.1, -0.05) is 32.4 Å². The van der Waals surface area contributed by atoms with E-state index in [9.17, 15) is 4.79 Å². The molecule has 1 aromatic carbocycles. The number of nitrogens with one attached hydrogen (secondary N) is 1. The molecule has 21 heavy (non-hydrogen) atoms. The van der Waals surface area contributed by atoms with Crippen molar-refractivity contribution in [2.75, 3.05) is 0 Å². The number of rotatable bonds is 2. The Balaban J connectivity index is 1.76. The molecule has 2 aliphatic rings. The van der Waals surface area contributed by atoms with Crippen molar-refractivity contribution in [3.63, 3.8) is 0 Å². The van der Waals surface area contributed by atoms with Crippen LogP contribution >= 0.6 is 11.6 Å². The lowest BCUT2D eigenvalue weighted by atomic mass is 9.70. The Labute approximate surface area is 130 Å². The van der Waals surface area contributed by atoms with Crippen molar-refractivity contribution in [2.45, 2.75) is 40.0 Å². The molecule has 2 atom stereocenters.